The molecular weight excluding hydrogens is 396 g/mol. The van der Waals surface area contributed by atoms with Crippen molar-refractivity contribution in [2.75, 3.05) is 0 Å². The van der Waals surface area contributed by atoms with E-state index in [0.717, 1.165) is 49.8 Å². The van der Waals surface area contributed by atoms with Crippen LogP contribution in [0.5, 0.6) is 5.75 Å². The molecule has 31 heavy (non-hydrogen) atoms. The van der Waals surface area contributed by atoms with Gasteiger partial charge in [0.1, 0.15) is 5.75 Å². The molecule has 0 aliphatic heterocycles. The van der Waals surface area contributed by atoms with E-state index in [2.05, 4.69) is 83.3 Å². The van der Waals surface area contributed by atoms with Crippen molar-refractivity contribution < 1.29 is 9.53 Å². The maximum absolute atomic E-state index is 11.6. The zero-order valence-electron chi connectivity index (χ0n) is 20.3. The van der Waals surface area contributed by atoms with Crippen molar-refractivity contribution in [3.63, 3.8) is 0 Å². The zero-order valence-corrected chi connectivity index (χ0v) is 21.3. The monoisotopic (exact) mass is 436 g/mol. The third-order valence-electron chi connectivity index (χ3n) is 8.85. The van der Waals surface area contributed by atoms with Gasteiger partial charge in [0.25, 0.3) is 0 Å². The molecule has 0 aromatic heterocycles. The van der Waals surface area contributed by atoms with Crippen molar-refractivity contribution >= 4 is 8.32 Å². The fourth-order valence-electron chi connectivity index (χ4n) is 5.84. The average molecular weight is 437 g/mol. The topological polar surface area (TPSA) is 29.5 Å². The Hall–Kier alpha value is -1.58. The van der Waals surface area contributed by atoms with Gasteiger partial charge in [-0.15, -0.1) is 0 Å². The number of hydrogen-bond donors (Lipinski definition) is 1. The molecule has 3 heteroatoms. The summed E-state index contributed by atoms with van der Waals surface area (Å²) in [5.41, 5.74) is 3.57. The molecule has 0 bridgehead atoms. The molecular formula is C28H40O2Si. The highest BCUT2D eigenvalue weighted by Gasteiger charge is 2.51. The summed E-state index contributed by atoms with van der Waals surface area (Å²) in [4.78, 5) is 0. The molecule has 2 aliphatic rings. The van der Waals surface area contributed by atoms with Crippen LogP contribution in [0.3, 0.4) is 0 Å². The predicted molar refractivity (Wildman–Crippen MR) is 132 cm³/mol. The molecule has 2 aromatic carbocycles. The van der Waals surface area contributed by atoms with Gasteiger partial charge in [-0.05, 0) is 96.8 Å². The number of aliphatic hydroxyl groups is 1. The van der Waals surface area contributed by atoms with E-state index in [-0.39, 0.29) is 10.5 Å². The van der Waals surface area contributed by atoms with E-state index in [9.17, 15) is 5.11 Å². The lowest BCUT2D eigenvalue weighted by molar-refractivity contribution is -0.0566. The minimum atomic E-state index is -1.84. The van der Waals surface area contributed by atoms with Gasteiger partial charge in [0.05, 0.1) is 5.60 Å². The maximum Gasteiger partial charge on any atom is 0.250 e. The van der Waals surface area contributed by atoms with E-state index < -0.39 is 13.9 Å². The van der Waals surface area contributed by atoms with E-state index in [1.165, 1.54) is 11.1 Å². The summed E-state index contributed by atoms with van der Waals surface area (Å²) in [6, 6.07) is 17.2. The van der Waals surface area contributed by atoms with Gasteiger partial charge in [-0.3, -0.25) is 0 Å². The van der Waals surface area contributed by atoms with Gasteiger partial charge >= 0.3 is 0 Å². The molecule has 1 fully saturated rings. The van der Waals surface area contributed by atoms with Crippen LogP contribution in [0.4, 0.5) is 0 Å². The van der Waals surface area contributed by atoms with E-state index in [0.29, 0.717) is 5.92 Å². The first kappa shape index (κ1) is 22.6. The third-order valence-corrected chi connectivity index (χ3v) is 13.2. The molecule has 4 rings (SSSR count). The molecule has 168 valence electrons. The summed E-state index contributed by atoms with van der Waals surface area (Å²) >= 11 is 0. The van der Waals surface area contributed by atoms with Crippen molar-refractivity contribution in [2.24, 2.45) is 5.92 Å². The Morgan fingerprint density at radius 3 is 2.42 bits per heavy atom. The third kappa shape index (κ3) is 3.89. The van der Waals surface area contributed by atoms with Gasteiger partial charge < -0.3 is 9.53 Å². The largest absolute Gasteiger partial charge is 0.543 e. The lowest BCUT2D eigenvalue weighted by Crippen LogP contribution is -2.48. The number of aryl methyl sites for hydroxylation is 1. The molecule has 1 saturated carbocycles. The molecule has 0 amide bonds. The second-order valence-electron chi connectivity index (χ2n) is 11.5. The fraction of sp³-hybridized carbons (Fsp3) is 0.571. The Kier molecular flexibility index (Phi) is 5.67. The highest BCUT2D eigenvalue weighted by molar-refractivity contribution is 6.74. The summed E-state index contributed by atoms with van der Waals surface area (Å²) in [5.74, 6) is 1.57. The SMILES string of the molecule is CC[C@@]12CC[C@](O)(c3ccccc3)C[C@H]1CCc1cc(O[Si](C)(C)C(C)(C)C)ccc12. The molecule has 0 unspecified atom stereocenters. The molecule has 2 aliphatic carbocycles. The maximum atomic E-state index is 11.6. The van der Waals surface area contributed by atoms with Gasteiger partial charge in [-0.1, -0.05) is 64.1 Å². The van der Waals surface area contributed by atoms with Gasteiger partial charge in [0, 0.05) is 0 Å². The summed E-state index contributed by atoms with van der Waals surface area (Å²) in [7, 11) is -1.84. The van der Waals surface area contributed by atoms with E-state index in [1.807, 2.05) is 6.07 Å². The Morgan fingerprint density at radius 1 is 1.06 bits per heavy atom. The molecule has 0 radical (unpaired) electrons. The molecule has 0 spiro atoms. The van der Waals surface area contributed by atoms with Crippen molar-refractivity contribution in [1.29, 1.82) is 0 Å². The van der Waals surface area contributed by atoms with Crippen LogP contribution in [0.2, 0.25) is 18.1 Å². The lowest BCUT2D eigenvalue weighted by atomic mass is 9.53. The second kappa shape index (κ2) is 7.77. The van der Waals surface area contributed by atoms with Crippen molar-refractivity contribution in [3.05, 3.63) is 65.2 Å². The van der Waals surface area contributed by atoms with Crippen LogP contribution in [0, 0.1) is 5.92 Å². The van der Waals surface area contributed by atoms with Crippen molar-refractivity contribution in [1.82, 2.24) is 0 Å². The molecule has 2 aromatic rings. The summed E-state index contributed by atoms with van der Waals surface area (Å²) in [6.45, 7) is 13.9. The summed E-state index contributed by atoms with van der Waals surface area (Å²) in [6.07, 6.45) is 6.13. The number of hydrogen-bond acceptors (Lipinski definition) is 2. The second-order valence-corrected chi connectivity index (χ2v) is 16.3. The zero-order chi connectivity index (χ0) is 22.5. The van der Waals surface area contributed by atoms with Gasteiger partial charge in [0.2, 0.25) is 8.32 Å². The van der Waals surface area contributed by atoms with Crippen LogP contribution >= 0.6 is 0 Å². The lowest BCUT2D eigenvalue weighted by Gasteiger charge is -2.53. The van der Waals surface area contributed by atoms with Crippen LogP contribution in [-0.2, 0) is 17.4 Å². The Labute approximate surface area is 190 Å². The highest BCUT2D eigenvalue weighted by Crippen LogP contribution is 2.57. The quantitative estimate of drug-likeness (QED) is 0.508. The first-order chi connectivity index (χ1) is 14.5. The standard InChI is InChI=1S/C28H40O2Si/c1-7-27-17-18-28(29,22-11-9-8-10-12-22)20-23(27)14-13-21-19-24(15-16-25(21)27)30-31(5,6)26(2,3)4/h8-12,15-16,19,23,29H,7,13-14,17-18,20H2,1-6H3/t23-,27-,28-/m1/s1. The normalized spacial score (nSPS) is 28.5. The summed E-state index contributed by atoms with van der Waals surface area (Å²) < 4.78 is 6.62. The smallest absolute Gasteiger partial charge is 0.250 e. The van der Waals surface area contributed by atoms with Crippen molar-refractivity contribution in [2.45, 2.75) is 95.4 Å². The first-order valence-electron chi connectivity index (χ1n) is 12.1. The van der Waals surface area contributed by atoms with E-state index >= 15 is 0 Å². The minimum Gasteiger partial charge on any atom is -0.543 e. The highest BCUT2D eigenvalue weighted by atomic mass is 28.4. The molecule has 1 N–H and O–H groups in total. The predicted octanol–water partition coefficient (Wildman–Crippen LogP) is 7.35. The Morgan fingerprint density at radius 2 is 1.77 bits per heavy atom. The van der Waals surface area contributed by atoms with Gasteiger partial charge in [0.15, 0.2) is 0 Å². The van der Waals surface area contributed by atoms with Gasteiger partial charge in [-0.2, -0.15) is 0 Å². The minimum absolute atomic E-state index is 0.185. The van der Waals surface area contributed by atoms with Crippen LogP contribution in [0.15, 0.2) is 48.5 Å². The van der Waals surface area contributed by atoms with Crippen molar-refractivity contribution in [3.8, 4) is 5.75 Å². The Balaban J connectivity index is 1.63. The molecule has 0 heterocycles. The molecule has 0 saturated heterocycles. The summed E-state index contributed by atoms with van der Waals surface area (Å²) in [5, 5.41) is 11.8. The first-order valence-corrected chi connectivity index (χ1v) is 15.0. The fourth-order valence-corrected chi connectivity index (χ4v) is 6.86. The number of fused-ring (bicyclic) bond motifs is 3. The Bertz CT molecular complexity index is 930. The number of benzene rings is 2. The van der Waals surface area contributed by atoms with E-state index in [1.54, 1.807) is 0 Å². The van der Waals surface area contributed by atoms with Gasteiger partial charge in [-0.25, -0.2) is 0 Å². The van der Waals surface area contributed by atoms with E-state index in [4.69, 9.17) is 4.43 Å². The number of rotatable bonds is 4. The van der Waals surface area contributed by atoms with Crippen LogP contribution in [0.1, 0.15) is 76.5 Å². The van der Waals surface area contributed by atoms with Crippen LogP contribution in [-0.4, -0.2) is 13.4 Å². The molecule has 3 atom stereocenters. The molecule has 2 nitrogen and oxygen atoms in total. The average Bonchev–Trinajstić information content (AvgIpc) is 2.73. The van der Waals surface area contributed by atoms with Crippen LogP contribution in [0.25, 0.3) is 0 Å². The van der Waals surface area contributed by atoms with Crippen LogP contribution < -0.4 is 4.43 Å².